The lowest BCUT2D eigenvalue weighted by atomic mass is 10.2. The number of aromatic nitrogens is 1. The van der Waals surface area contributed by atoms with Crippen LogP contribution in [0.3, 0.4) is 0 Å². The molecule has 0 atom stereocenters. The molecule has 106 valence electrons. The van der Waals surface area contributed by atoms with Crippen molar-refractivity contribution in [2.24, 2.45) is 0 Å². The summed E-state index contributed by atoms with van der Waals surface area (Å²) in [5.74, 6) is 0.901. The lowest BCUT2D eigenvalue weighted by Gasteiger charge is -2.12. The van der Waals surface area contributed by atoms with Crippen molar-refractivity contribution < 1.29 is 9.13 Å². The number of hydrogen-bond donors (Lipinski definition) is 1. The van der Waals surface area contributed by atoms with Crippen LogP contribution in [0, 0.1) is 12.7 Å². The second kappa shape index (κ2) is 7.01. The molecule has 0 fully saturated rings. The Hall–Kier alpha value is -1.94. The number of aryl methyl sites for hydroxylation is 1. The predicted molar refractivity (Wildman–Crippen MR) is 77.4 cm³/mol. The lowest BCUT2D eigenvalue weighted by Crippen LogP contribution is -2.14. The summed E-state index contributed by atoms with van der Waals surface area (Å²) in [5.41, 5.74) is 1.84. The van der Waals surface area contributed by atoms with Gasteiger partial charge in [-0.05, 0) is 32.0 Å². The zero-order valence-electron chi connectivity index (χ0n) is 11.8. The SMILES string of the molecule is CCCNCc1cnc(C)cc1Oc1cccc(F)c1. The van der Waals surface area contributed by atoms with Crippen LogP contribution in [0.5, 0.6) is 11.5 Å². The zero-order valence-corrected chi connectivity index (χ0v) is 11.8. The number of rotatable bonds is 6. The molecule has 2 aromatic rings. The van der Waals surface area contributed by atoms with Gasteiger partial charge in [0.1, 0.15) is 17.3 Å². The van der Waals surface area contributed by atoms with Crippen LogP contribution < -0.4 is 10.1 Å². The summed E-state index contributed by atoms with van der Waals surface area (Å²) in [6, 6.07) is 8.01. The third-order valence-corrected chi connectivity index (χ3v) is 2.85. The minimum Gasteiger partial charge on any atom is -0.457 e. The molecular weight excluding hydrogens is 255 g/mol. The minimum absolute atomic E-state index is 0.307. The number of halogens is 1. The summed E-state index contributed by atoms with van der Waals surface area (Å²) in [4.78, 5) is 4.28. The van der Waals surface area contributed by atoms with Gasteiger partial charge >= 0.3 is 0 Å². The van der Waals surface area contributed by atoms with E-state index < -0.39 is 0 Å². The van der Waals surface area contributed by atoms with E-state index >= 15 is 0 Å². The molecule has 0 aliphatic heterocycles. The number of benzene rings is 1. The molecule has 1 N–H and O–H groups in total. The van der Waals surface area contributed by atoms with E-state index in [-0.39, 0.29) is 5.82 Å². The average Bonchev–Trinajstić information content (AvgIpc) is 2.41. The van der Waals surface area contributed by atoms with Gasteiger partial charge in [-0.3, -0.25) is 4.98 Å². The third-order valence-electron chi connectivity index (χ3n) is 2.85. The highest BCUT2D eigenvalue weighted by Gasteiger charge is 2.07. The molecule has 20 heavy (non-hydrogen) atoms. The Kier molecular flexibility index (Phi) is 5.07. The Balaban J connectivity index is 2.18. The van der Waals surface area contributed by atoms with E-state index in [4.69, 9.17) is 4.74 Å². The predicted octanol–water partition coefficient (Wildman–Crippen LogP) is 3.82. The van der Waals surface area contributed by atoms with Crippen LogP contribution in [0.2, 0.25) is 0 Å². The van der Waals surface area contributed by atoms with Gasteiger partial charge in [-0.15, -0.1) is 0 Å². The topological polar surface area (TPSA) is 34.2 Å². The third kappa shape index (κ3) is 4.03. The lowest BCUT2D eigenvalue weighted by molar-refractivity contribution is 0.466. The Bertz CT molecular complexity index is 572. The number of pyridine rings is 1. The molecule has 1 aromatic heterocycles. The quantitative estimate of drug-likeness (QED) is 0.813. The van der Waals surface area contributed by atoms with Crippen LogP contribution >= 0.6 is 0 Å². The van der Waals surface area contributed by atoms with Crippen molar-refractivity contribution in [3.63, 3.8) is 0 Å². The molecule has 0 saturated carbocycles. The summed E-state index contributed by atoms with van der Waals surface area (Å²) < 4.78 is 19.0. The first kappa shape index (κ1) is 14.5. The van der Waals surface area contributed by atoms with Gasteiger partial charge in [-0.2, -0.15) is 0 Å². The normalized spacial score (nSPS) is 10.6. The fourth-order valence-corrected chi connectivity index (χ4v) is 1.85. The van der Waals surface area contributed by atoms with Crippen molar-refractivity contribution in [2.75, 3.05) is 6.54 Å². The molecule has 0 bridgehead atoms. The largest absolute Gasteiger partial charge is 0.457 e. The average molecular weight is 274 g/mol. The fourth-order valence-electron chi connectivity index (χ4n) is 1.85. The first-order valence-corrected chi connectivity index (χ1v) is 6.78. The molecule has 0 amide bonds. The molecular formula is C16H19FN2O. The highest BCUT2D eigenvalue weighted by atomic mass is 19.1. The minimum atomic E-state index is -0.307. The van der Waals surface area contributed by atoms with Gasteiger partial charge in [-0.25, -0.2) is 4.39 Å². The van der Waals surface area contributed by atoms with Crippen molar-refractivity contribution in [1.82, 2.24) is 10.3 Å². The van der Waals surface area contributed by atoms with Crippen molar-refractivity contribution >= 4 is 0 Å². The second-order valence-electron chi connectivity index (χ2n) is 4.67. The molecule has 0 aliphatic rings. The Morgan fingerprint density at radius 1 is 1.30 bits per heavy atom. The summed E-state index contributed by atoms with van der Waals surface area (Å²) in [5, 5.41) is 3.31. The molecule has 0 radical (unpaired) electrons. The molecule has 0 aliphatic carbocycles. The van der Waals surface area contributed by atoms with Crippen molar-refractivity contribution in [1.29, 1.82) is 0 Å². The number of ether oxygens (including phenoxy) is 1. The van der Waals surface area contributed by atoms with Crippen LogP contribution in [0.25, 0.3) is 0 Å². The van der Waals surface area contributed by atoms with E-state index in [1.165, 1.54) is 12.1 Å². The monoisotopic (exact) mass is 274 g/mol. The Morgan fingerprint density at radius 2 is 2.15 bits per heavy atom. The van der Waals surface area contributed by atoms with Gasteiger partial charge in [-0.1, -0.05) is 13.0 Å². The number of hydrogen-bond acceptors (Lipinski definition) is 3. The van der Waals surface area contributed by atoms with Crippen LogP contribution in [-0.4, -0.2) is 11.5 Å². The van der Waals surface area contributed by atoms with Crippen LogP contribution in [0.15, 0.2) is 36.5 Å². The van der Waals surface area contributed by atoms with Crippen molar-refractivity contribution in [3.05, 3.63) is 53.6 Å². The van der Waals surface area contributed by atoms with Crippen LogP contribution in [0.4, 0.5) is 4.39 Å². The van der Waals surface area contributed by atoms with Crippen molar-refractivity contribution in [2.45, 2.75) is 26.8 Å². The zero-order chi connectivity index (χ0) is 14.4. The fraction of sp³-hybridized carbons (Fsp3) is 0.312. The van der Waals surface area contributed by atoms with Gasteiger partial charge in [0.2, 0.25) is 0 Å². The van der Waals surface area contributed by atoms with Gasteiger partial charge in [0.15, 0.2) is 0 Å². The molecule has 0 spiro atoms. The van der Waals surface area contributed by atoms with Crippen LogP contribution in [-0.2, 0) is 6.54 Å². The van der Waals surface area contributed by atoms with Gasteiger partial charge < -0.3 is 10.1 Å². The summed E-state index contributed by atoms with van der Waals surface area (Å²) in [6.07, 6.45) is 2.87. The molecule has 4 heteroatoms. The molecule has 2 rings (SSSR count). The Morgan fingerprint density at radius 3 is 2.90 bits per heavy atom. The molecule has 0 unspecified atom stereocenters. The first-order chi connectivity index (χ1) is 9.69. The highest BCUT2D eigenvalue weighted by molar-refractivity contribution is 5.37. The standard InChI is InChI=1S/C16H19FN2O/c1-3-7-18-10-13-11-19-12(2)8-16(13)20-15-6-4-5-14(17)9-15/h4-6,8-9,11,18H,3,7,10H2,1-2H3. The summed E-state index contributed by atoms with van der Waals surface area (Å²) in [7, 11) is 0. The molecule has 3 nitrogen and oxygen atoms in total. The van der Waals surface area contributed by atoms with E-state index in [1.54, 1.807) is 18.3 Å². The van der Waals surface area contributed by atoms with Gasteiger partial charge in [0, 0.05) is 36.1 Å². The summed E-state index contributed by atoms with van der Waals surface area (Å²) >= 11 is 0. The smallest absolute Gasteiger partial charge is 0.135 e. The maximum Gasteiger partial charge on any atom is 0.135 e. The van der Waals surface area contributed by atoms with Gasteiger partial charge in [0.05, 0.1) is 0 Å². The highest BCUT2D eigenvalue weighted by Crippen LogP contribution is 2.26. The second-order valence-corrected chi connectivity index (χ2v) is 4.67. The van der Waals surface area contributed by atoms with E-state index in [2.05, 4.69) is 17.2 Å². The maximum absolute atomic E-state index is 13.2. The van der Waals surface area contributed by atoms with E-state index in [0.29, 0.717) is 18.0 Å². The number of nitrogens with one attached hydrogen (secondary N) is 1. The van der Waals surface area contributed by atoms with E-state index in [9.17, 15) is 4.39 Å². The molecule has 1 aromatic carbocycles. The number of nitrogens with zero attached hydrogens (tertiary/aromatic N) is 1. The summed E-state index contributed by atoms with van der Waals surface area (Å²) in [6.45, 7) is 5.64. The van der Waals surface area contributed by atoms with Gasteiger partial charge in [0.25, 0.3) is 0 Å². The van der Waals surface area contributed by atoms with Crippen molar-refractivity contribution in [3.8, 4) is 11.5 Å². The maximum atomic E-state index is 13.2. The molecule has 1 heterocycles. The van der Waals surface area contributed by atoms with E-state index in [0.717, 1.165) is 24.2 Å². The molecule has 0 saturated heterocycles. The van der Waals surface area contributed by atoms with E-state index in [1.807, 2.05) is 13.0 Å². The first-order valence-electron chi connectivity index (χ1n) is 6.78. The Labute approximate surface area is 118 Å². The van der Waals surface area contributed by atoms with Crippen LogP contribution in [0.1, 0.15) is 24.6 Å².